The van der Waals surface area contributed by atoms with Gasteiger partial charge in [0, 0.05) is 10.7 Å². The number of hydrogen-bond acceptors (Lipinski definition) is 0. The summed E-state index contributed by atoms with van der Waals surface area (Å²) in [6.45, 7) is 0. The minimum Gasteiger partial charge on any atom is -0.210 e. The molecule has 0 aromatic heterocycles. The van der Waals surface area contributed by atoms with Gasteiger partial charge in [-0.1, -0.05) is 22.4 Å². The zero-order chi connectivity index (χ0) is 6.91. The lowest BCUT2D eigenvalue weighted by atomic mass is 9.71. The molecule has 54 valence electrons. The van der Waals surface area contributed by atoms with Crippen LogP contribution in [0.4, 0.5) is 8.78 Å². The molecular weight excluding hydrogens is 190 g/mol. The maximum absolute atomic E-state index is 12.1. The molecule has 0 aromatic carbocycles. The van der Waals surface area contributed by atoms with E-state index in [0.29, 0.717) is 18.2 Å². The molecule has 1 aliphatic rings. The lowest BCUT2D eigenvalue weighted by molar-refractivity contribution is -0.0412. The Balaban J connectivity index is 2.46. The van der Waals surface area contributed by atoms with Gasteiger partial charge < -0.3 is 0 Å². The van der Waals surface area contributed by atoms with Crippen molar-refractivity contribution in [3.05, 3.63) is 0 Å². The fourth-order valence-corrected chi connectivity index (χ4v) is 1.85. The van der Waals surface area contributed by atoms with Gasteiger partial charge in [0.15, 0.2) is 0 Å². The van der Waals surface area contributed by atoms with E-state index in [1.165, 1.54) is 0 Å². The lowest BCUT2D eigenvalue weighted by Crippen LogP contribution is -2.38. The van der Waals surface area contributed by atoms with Crippen LogP contribution in [0, 0.1) is 5.41 Å². The third-order valence-corrected chi connectivity index (χ3v) is 3.20. The lowest BCUT2D eigenvalue weighted by Gasteiger charge is -2.39. The highest BCUT2D eigenvalue weighted by atomic mass is 79.9. The molecule has 1 fully saturated rings. The first kappa shape index (κ1) is 7.45. The van der Waals surface area contributed by atoms with E-state index in [1.807, 2.05) is 0 Å². The van der Waals surface area contributed by atoms with E-state index >= 15 is 0 Å². The van der Waals surface area contributed by atoms with E-state index in [0.717, 1.165) is 6.42 Å². The molecule has 0 N–H and O–H groups in total. The molecule has 0 atom stereocenters. The topological polar surface area (TPSA) is 0 Å². The number of halogens is 3. The molecule has 1 aliphatic carbocycles. The molecule has 3 heteroatoms. The van der Waals surface area contributed by atoms with Gasteiger partial charge in [0.2, 0.25) is 6.43 Å². The number of rotatable bonds is 2. The molecule has 0 unspecified atom stereocenters. The minimum atomic E-state index is -2.13. The van der Waals surface area contributed by atoms with Gasteiger partial charge in [-0.15, -0.1) is 0 Å². The molecule has 0 radical (unpaired) electrons. The van der Waals surface area contributed by atoms with E-state index in [2.05, 4.69) is 15.9 Å². The molecular formula is C6H9BrF2. The van der Waals surface area contributed by atoms with E-state index in [1.54, 1.807) is 0 Å². The van der Waals surface area contributed by atoms with E-state index in [4.69, 9.17) is 0 Å². The summed E-state index contributed by atoms with van der Waals surface area (Å²) >= 11 is 3.10. The predicted molar refractivity (Wildman–Crippen MR) is 36.1 cm³/mol. The van der Waals surface area contributed by atoms with Crippen molar-refractivity contribution in [1.82, 2.24) is 0 Å². The minimum absolute atomic E-state index is 0.456. The first-order chi connectivity index (χ1) is 4.21. The van der Waals surface area contributed by atoms with E-state index < -0.39 is 11.8 Å². The average Bonchev–Trinajstić information content (AvgIpc) is 1.62. The maximum Gasteiger partial charge on any atom is 0.244 e. The third-order valence-electron chi connectivity index (χ3n) is 2.08. The van der Waals surface area contributed by atoms with Crippen molar-refractivity contribution in [1.29, 1.82) is 0 Å². The largest absolute Gasteiger partial charge is 0.244 e. The summed E-state index contributed by atoms with van der Waals surface area (Å²) in [6, 6.07) is 0. The first-order valence-corrected chi connectivity index (χ1v) is 4.17. The number of hydrogen-bond donors (Lipinski definition) is 0. The highest BCUT2D eigenvalue weighted by molar-refractivity contribution is 9.09. The SMILES string of the molecule is FC(F)C1(CBr)CCC1. The van der Waals surface area contributed by atoms with E-state index in [-0.39, 0.29) is 0 Å². The Bertz CT molecular complexity index is 93.7. The van der Waals surface area contributed by atoms with Crippen molar-refractivity contribution in [2.75, 3.05) is 5.33 Å². The molecule has 9 heavy (non-hydrogen) atoms. The normalized spacial score (nSPS) is 24.0. The Morgan fingerprint density at radius 1 is 1.44 bits per heavy atom. The molecule has 1 rings (SSSR count). The molecule has 0 heterocycles. The molecule has 0 amide bonds. The van der Waals surface area contributed by atoms with Crippen LogP contribution in [0.2, 0.25) is 0 Å². The first-order valence-electron chi connectivity index (χ1n) is 3.05. The maximum atomic E-state index is 12.1. The molecule has 0 saturated heterocycles. The highest BCUT2D eigenvalue weighted by Gasteiger charge is 2.44. The Labute approximate surface area is 61.8 Å². The van der Waals surface area contributed by atoms with Crippen LogP contribution in [0.15, 0.2) is 0 Å². The van der Waals surface area contributed by atoms with Gasteiger partial charge in [0.25, 0.3) is 0 Å². The second-order valence-corrected chi connectivity index (χ2v) is 3.21. The second-order valence-electron chi connectivity index (χ2n) is 2.65. The molecule has 0 aromatic rings. The van der Waals surface area contributed by atoms with Crippen LogP contribution in [-0.2, 0) is 0 Å². The van der Waals surface area contributed by atoms with Crippen molar-refractivity contribution in [3.8, 4) is 0 Å². The van der Waals surface area contributed by atoms with Gasteiger partial charge in [-0.3, -0.25) is 0 Å². The highest BCUT2D eigenvalue weighted by Crippen LogP contribution is 2.46. The van der Waals surface area contributed by atoms with Gasteiger partial charge >= 0.3 is 0 Å². The van der Waals surface area contributed by atoms with Crippen molar-refractivity contribution in [3.63, 3.8) is 0 Å². The van der Waals surface area contributed by atoms with Crippen LogP contribution in [0.3, 0.4) is 0 Å². The summed E-state index contributed by atoms with van der Waals surface area (Å²) in [4.78, 5) is 0. The van der Waals surface area contributed by atoms with Crippen LogP contribution in [0.1, 0.15) is 19.3 Å². The summed E-state index contributed by atoms with van der Waals surface area (Å²) < 4.78 is 24.2. The monoisotopic (exact) mass is 198 g/mol. The second kappa shape index (κ2) is 2.52. The van der Waals surface area contributed by atoms with Crippen molar-refractivity contribution in [2.45, 2.75) is 25.7 Å². The smallest absolute Gasteiger partial charge is 0.210 e. The summed E-state index contributed by atoms with van der Waals surface area (Å²) in [7, 11) is 0. The van der Waals surface area contributed by atoms with Crippen molar-refractivity contribution >= 4 is 15.9 Å². The molecule has 0 nitrogen and oxygen atoms in total. The van der Waals surface area contributed by atoms with Crippen molar-refractivity contribution in [2.24, 2.45) is 5.41 Å². The summed E-state index contributed by atoms with van der Waals surface area (Å²) in [6.07, 6.45) is 0.215. The predicted octanol–water partition coefficient (Wildman–Crippen LogP) is 2.82. The average molecular weight is 199 g/mol. The summed E-state index contributed by atoms with van der Waals surface area (Å²) in [5.74, 6) is 0. The van der Waals surface area contributed by atoms with Crippen LogP contribution >= 0.6 is 15.9 Å². The Morgan fingerprint density at radius 2 is 2.00 bits per heavy atom. The number of alkyl halides is 3. The van der Waals surface area contributed by atoms with Gasteiger partial charge in [-0.2, -0.15) is 0 Å². The van der Waals surface area contributed by atoms with Crippen molar-refractivity contribution < 1.29 is 8.78 Å². The molecule has 1 saturated carbocycles. The van der Waals surface area contributed by atoms with Crippen LogP contribution < -0.4 is 0 Å². The van der Waals surface area contributed by atoms with E-state index in [9.17, 15) is 8.78 Å². The Hall–Kier alpha value is 0.340. The summed E-state index contributed by atoms with van der Waals surface area (Å²) in [5, 5.41) is 0.456. The third kappa shape index (κ3) is 1.11. The quantitative estimate of drug-likeness (QED) is 0.600. The standard InChI is InChI=1S/C6H9BrF2/c7-4-6(5(8)9)2-1-3-6/h5H,1-4H2. The van der Waals surface area contributed by atoms with Gasteiger partial charge in [-0.05, 0) is 12.8 Å². The Kier molecular flexibility index (Phi) is 2.09. The van der Waals surface area contributed by atoms with Gasteiger partial charge in [-0.25, -0.2) is 8.78 Å². The fraction of sp³-hybridized carbons (Fsp3) is 1.00. The van der Waals surface area contributed by atoms with Crippen LogP contribution in [0.5, 0.6) is 0 Å². The van der Waals surface area contributed by atoms with Crippen LogP contribution in [-0.4, -0.2) is 11.8 Å². The Morgan fingerprint density at radius 3 is 2.00 bits per heavy atom. The fourth-order valence-electron chi connectivity index (χ4n) is 1.04. The molecule has 0 spiro atoms. The van der Waals surface area contributed by atoms with Gasteiger partial charge in [0.1, 0.15) is 0 Å². The molecule has 0 bridgehead atoms. The summed E-state index contributed by atoms with van der Waals surface area (Å²) in [5.41, 5.74) is -0.653. The van der Waals surface area contributed by atoms with Gasteiger partial charge in [0.05, 0.1) is 0 Å². The molecule has 0 aliphatic heterocycles. The zero-order valence-electron chi connectivity index (χ0n) is 5.04. The zero-order valence-corrected chi connectivity index (χ0v) is 6.63. The van der Waals surface area contributed by atoms with Crippen LogP contribution in [0.25, 0.3) is 0 Å².